The number of carbonyl (C=O) groups is 1. The minimum Gasteiger partial charge on any atom is -0.341 e. The van der Waals surface area contributed by atoms with Gasteiger partial charge >= 0.3 is 0 Å². The van der Waals surface area contributed by atoms with E-state index < -0.39 is 5.91 Å². The number of nitrogens with one attached hydrogen (secondary N) is 1. The first kappa shape index (κ1) is 15.1. The average Bonchev–Trinajstić information content (AvgIpc) is 2.46. The van der Waals surface area contributed by atoms with Gasteiger partial charge in [-0.05, 0) is 19.3 Å². The van der Waals surface area contributed by atoms with Crippen LogP contribution in [0.5, 0.6) is 0 Å². The van der Waals surface area contributed by atoms with Crippen LogP contribution in [0.4, 0.5) is 5.95 Å². The Morgan fingerprint density at radius 2 is 2.16 bits per heavy atom. The van der Waals surface area contributed by atoms with Gasteiger partial charge in [0.05, 0.1) is 5.56 Å². The summed E-state index contributed by atoms with van der Waals surface area (Å²) in [6.45, 7) is 7.51. The molecule has 0 saturated carbocycles. The summed E-state index contributed by atoms with van der Waals surface area (Å²) in [6.07, 6.45) is 7.64. The van der Waals surface area contributed by atoms with E-state index in [9.17, 15) is 4.79 Å². The molecule has 1 aromatic heterocycles. The molecule has 0 aromatic carbocycles. The van der Waals surface area contributed by atoms with Gasteiger partial charge in [-0.25, -0.2) is 15.4 Å². The fourth-order valence-corrected chi connectivity index (χ4v) is 1.67. The van der Waals surface area contributed by atoms with E-state index in [1.54, 1.807) is 5.48 Å². The number of unbranched alkanes of at least 4 members (excludes halogenated alkanes) is 1. The molecule has 0 spiro atoms. The number of allylic oxidation sites excluding steroid dienone is 1. The summed E-state index contributed by atoms with van der Waals surface area (Å²) >= 11 is 0. The first-order valence-corrected chi connectivity index (χ1v) is 6.35. The Hall–Kier alpha value is -1.95. The summed E-state index contributed by atoms with van der Waals surface area (Å²) in [4.78, 5) is 21.6. The van der Waals surface area contributed by atoms with Gasteiger partial charge in [-0.15, -0.1) is 6.58 Å². The predicted octanol–water partition coefficient (Wildman–Crippen LogP) is 1.78. The molecule has 1 rings (SSSR count). The number of hydrogen-bond donors (Lipinski definition) is 2. The van der Waals surface area contributed by atoms with Crippen LogP contribution in [-0.4, -0.2) is 34.2 Å². The van der Waals surface area contributed by atoms with Gasteiger partial charge in [0.1, 0.15) is 0 Å². The molecule has 0 aliphatic heterocycles. The van der Waals surface area contributed by atoms with Gasteiger partial charge < -0.3 is 4.90 Å². The van der Waals surface area contributed by atoms with Crippen LogP contribution in [0.15, 0.2) is 25.0 Å². The zero-order chi connectivity index (χ0) is 14.1. The number of rotatable bonds is 8. The maximum atomic E-state index is 11.2. The molecule has 104 valence electrons. The van der Waals surface area contributed by atoms with Crippen molar-refractivity contribution in [1.29, 1.82) is 0 Å². The van der Waals surface area contributed by atoms with Crippen LogP contribution < -0.4 is 10.4 Å². The van der Waals surface area contributed by atoms with E-state index in [0.717, 1.165) is 32.4 Å². The molecule has 6 heteroatoms. The number of aromatic nitrogens is 2. The Morgan fingerprint density at radius 1 is 1.47 bits per heavy atom. The number of hydrogen-bond acceptors (Lipinski definition) is 5. The van der Waals surface area contributed by atoms with Crippen molar-refractivity contribution < 1.29 is 10.0 Å². The van der Waals surface area contributed by atoms with E-state index in [1.807, 2.05) is 6.08 Å². The van der Waals surface area contributed by atoms with Crippen LogP contribution in [0.3, 0.4) is 0 Å². The molecular weight excluding hydrogens is 244 g/mol. The molecule has 0 radical (unpaired) electrons. The zero-order valence-electron chi connectivity index (χ0n) is 11.2. The van der Waals surface area contributed by atoms with Crippen molar-refractivity contribution in [2.24, 2.45) is 0 Å². The Morgan fingerprint density at radius 3 is 2.68 bits per heavy atom. The highest BCUT2D eigenvalue weighted by atomic mass is 16.5. The summed E-state index contributed by atoms with van der Waals surface area (Å²) in [5.74, 6) is -0.0133. The third-order valence-electron chi connectivity index (χ3n) is 2.61. The Kier molecular flexibility index (Phi) is 6.52. The number of anilines is 1. The molecule has 2 N–H and O–H groups in total. The number of carbonyl (C=O) groups excluding carboxylic acids is 1. The summed E-state index contributed by atoms with van der Waals surface area (Å²) < 4.78 is 0. The van der Waals surface area contributed by atoms with Gasteiger partial charge in [0.15, 0.2) is 0 Å². The molecule has 1 amide bonds. The third kappa shape index (κ3) is 4.67. The Bertz CT molecular complexity index is 406. The van der Waals surface area contributed by atoms with Gasteiger partial charge in [0, 0.05) is 25.5 Å². The Labute approximate surface area is 113 Å². The molecule has 0 unspecified atom stereocenters. The zero-order valence-corrected chi connectivity index (χ0v) is 11.2. The lowest BCUT2D eigenvalue weighted by Crippen LogP contribution is -2.27. The van der Waals surface area contributed by atoms with Crippen molar-refractivity contribution in [2.75, 3.05) is 18.0 Å². The van der Waals surface area contributed by atoms with Crippen molar-refractivity contribution in [3.63, 3.8) is 0 Å². The van der Waals surface area contributed by atoms with Crippen molar-refractivity contribution in [1.82, 2.24) is 15.4 Å². The van der Waals surface area contributed by atoms with Gasteiger partial charge in [0.25, 0.3) is 5.91 Å². The molecule has 0 aliphatic carbocycles. The van der Waals surface area contributed by atoms with E-state index >= 15 is 0 Å². The third-order valence-corrected chi connectivity index (χ3v) is 2.61. The topological polar surface area (TPSA) is 78.4 Å². The maximum Gasteiger partial charge on any atom is 0.277 e. The summed E-state index contributed by atoms with van der Waals surface area (Å²) in [6, 6.07) is 0. The van der Waals surface area contributed by atoms with E-state index in [2.05, 4.69) is 28.4 Å². The monoisotopic (exact) mass is 264 g/mol. The summed E-state index contributed by atoms with van der Waals surface area (Å²) in [7, 11) is 0. The van der Waals surface area contributed by atoms with Crippen LogP contribution in [0.2, 0.25) is 0 Å². The molecular formula is C13H20N4O2. The number of hydroxylamine groups is 1. The molecule has 19 heavy (non-hydrogen) atoms. The van der Waals surface area contributed by atoms with Gasteiger partial charge in [0.2, 0.25) is 5.95 Å². The minimum absolute atomic E-state index is 0.230. The highest BCUT2D eigenvalue weighted by Gasteiger charge is 2.10. The smallest absolute Gasteiger partial charge is 0.277 e. The number of amides is 1. The quantitative estimate of drug-likeness (QED) is 0.324. The molecule has 0 atom stereocenters. The van der Waals surface area contributed by atoms with Crippen LogP contribution >= 0.6 is 0 Å². The molecule has 1 aromatic rings. The highest BCUT2D eigenvalue weighted by Crippen LogP contribution is 2.09. The minimum atomic E-state index is -0.611. The second-order valence-electron chi connectivity index (χ2n) is 4.13. The average molecular weight is 264 g/mol. The highest BCUT2D eigenvalue weighted by molar-refractivity contribution is 5.92. The van der Waals surface area contributed by atoms with Gasteiger partial charge in [-0.1, -0.05) is 13.0 Å². The first-order chi connectivity index (χ1) is 9.22. The Balaban J connectivity index is 2.72. The lowest BCUT2D eigenvalue weighted by molar-refractivity contribution is 0.0705. The van der Waals surface area contributed by atoms with E-state index in [1.165, 1.54) is 12.4 Å². The molecule has 6 nitrogen and oxygen atoms in total. The lowest BCUT2D eigenvalue weighted by atomic mass is 10.3. The van der Waals surface area contributed by atoms with Crippen molar-refractivity contribution >= 4 is 11.9 Å². The second kappa shape index (κ2) is 8.20. The fraction of sp³-hybridized carbons (Fsp3) is 0.462. The van der Waals surface area contributed by atoms with E-state index in [4.69, 9.17) is 5.21 Å². The second-order valence-corrected chi connectivity index (χ2v) is 4.13. The van der Waals surface area contributed by atoms with Crippen LogP contribution in [0.25, 0.3) is 0 Å². The lowest BCUT2D eigenvalue weighted by Gasteiger charge is -2.21. The summed E-state index contributed by atoms with van der Waals surface area (Å²) in [5, 5.41) is 8.52. The fourth-order valence-electron chi connectivity index (χ4n) is 1.67. The number of nitrogens with zero attached hydrogens (tertiary/aromatic N) is 3. The van der Waals surface area contributed by atoms with E-state index in [-0.39, 0.29) is 5.56 Å². The standard InChI is InChI=1S/C13H20N4O2/c1-3-5-6-8-17(7-4-2)13-14-9-11(10-15-13)12(18)16-19/h3,9-10,19H,1,4-8H2,2H3,(H,16,18). The molecule has 0 fully saturated rings. The predicted molar refractivity (Wildman–Crippen MR) is 73.2 cm³/mol. The normalized spacial score (nSPS) is 10.0. The van der Waals surface area contributed by atoms with Crippen LogP contribution in [0, 0.1) is 0 Å². The molecule has 0 aliphatic rings. The molecule has 0 bridgehead atoms. The van der Waals surface area contributed by atoms with E-state index in [0.29, 0.717) is 5.95 Å². The first-order valence-electron chi connectivity index (χ1n) is 6.35. The molecule has 0 saturated heterocycles. The van der Waals surface area contributed by atoms with Gasteiger partial charge in [-0.2, -0.15) is 0 Å². The van der Waals surface area contributed by atoms with Crippen molar-refractivity contribution in [3.05, 3.63) is 30.6 Å². The van der Waals surface area contributed by atoms with Crippen molar-refractivity contribution in [3.8, 4) is 0 Å². The summed E-state index contributed by atoms with van der Waals surface area (Å²) in [5.41, 5.74) is 1.78. The van der Waals surface area contributed by atoms with Crippen molar-refractivity contribution in [2.45, 2.75) is 26.2 Å². The van der Waals surface area contributed by atoms with Crippen LogP contribution in [0.1, 0.15) is 36.5 Å². The SMILES string of the molecule is C=CCCCN(CCC)c1ncc(C(=O)NO)cn1. The van der Waals surface area contributed by atoms with Crippen LogP contribution in [-0.2, 0) is 0 Å². The maximum absolute atomic E-state index is 11.2. The largest absolute Gasteiger partial charge is 0.341 e. The molecule has 1 heterocycles. The van der Waals surface area contributed by atoms with Gasteiger partial charge in [-0.3, -0.25) is 10.0 Å².